The zero-order valence-corrected chi connectivity index (χ0v) is 16.2. The molecule has 4 aliphatic carbocycles. The molecule has 4 saturated carbocycles. The first-order chi connectivity index (χ1) is 13.5. The first-order valence-corrected chi connectivity index (χ1v) is 10.3. The Bertz CT molecular complexity index is 881. The van der Waals surface area contributed by atoms with E-state index in [1.54, 1.807) is 18.2 Å². The van der Waals surface area contributed by atoms with Crippen molar-refractivity contribution in [3.8, 4) is 0 Å². The summed E-state index contributed by atoms with van der Waals surface area (Å²) in [5, 5.41) is 6.25. The maximum Gasteiger partial charge on any atom is 0.291 e. The number of carbonyl (C=O) groups is 2. The van der Waals surface area contributed by atoms with Crippen molar-refractivity contribution in [2.45, 2.75) is 51.0 Å². The third-order valence-corrected chi connectivity index (χ3v) is 6.91. The van der Waals surface area contributed by atoms with Crippen LogP contribution in [0.2, 0.25) is 0 Å². The second-order valence-electron chi connectivity index (χ2n) is 9.11. The highest BCUT2D eigenvalue weighted by Crippen LogP contribution is 2.55. The van der Waals surface area contributed by atoms with E-state index < -0.39 is 0 Å². The molecular weight excluding hydrogens is 352 g/mol. The Morgan fingerprint density at radius 3 is 2.29 bits per heavy atom. The minimum Gasteiger partial charge on any atom is -0.459 e. The monoisotopic (exact) mass is 378 g/mol. The standard InChI is InChI=1S/C23H26N2O3/c1-14-4-5-18(10-19(14)24-22(27)20-3-2-6-28-20)21(26)25-23-11-15-7-16(12-23)9-17(8-15)13-23/h2-6,10,15-17H,7-9,11-13H2,1H3,(H,24,27)(H,25,26). The van der Waals surface area contributed by atoms with Crippen LogP contribution < -0.4 is 10.6 Å². The SMILES string of the molecule is Cc1ccc(C(=O)NC23CC4CC(CC(C4)C2)C3)cc1NC(=O)c1ccco1. The van der Waals surface area contributed by atoms with E-state index in [1.807, 2.05) is 19.1 Å². The average Bonchev–Trinajstić information content (AvgIpc) is 3.16. The van der Waals surface area contributed by atoms with E-state index in [2.05, 4.69) is 10.6 Å². The summed E-state index contributed by atoms with van der Waals surface area (Å²) < 4.78 is 5.15. The maximum atomic E-state index is 13.1. The molecule has 0 aliphatic heterocycles. The van der Waals surface area contributed by atoms with Gasteiger partial charge < -0.3 is 15.1 Å². The summed E-state index contributed by atoms with van der Waals surface area (Å²) in [4.78, 5) is 25.4. The van der Waals surface area contributed by atoms with E-state index in [4.69, 9.17) is 4.42 Å². The van der Waals surface area contributed by atoms with E-state index >= 15 is 0 Å². The Morgan fingerprint density at radius 2 is 1.68 bits per heavy atom. The summed E-state index contributed by atoms with van der Waals surface area (Å²) in [6, 6.07) is 8.79. The number of benzene rings is 1. The Hall–Kier alpha value is -2.56. The predicted molar refractivity (Wildman–Crippen MR) is 106 cm³/mol. The van der Waals surface area contributed by atoms with Gasteiger partial charge in [0, 0.05) is 16.8 Å². The summed E-state index contributed by atoms with van der Waals surface area (Å²) in [5.74, 6) is 2.26. The van der Waals surface area contributed by atoms with Crippen molar-refractivity contribution in [2.75, 3.05) is 5.32 Å². The van der Waals surface area contributed by atoms with Crippen LogP contribution in [0.4, 0.5) is 5.69 Å². The number of hydrogen-bond donors (Lipinski definition) is 2. The van der Waals surface area contributed by atoms with Gasteiger partial charge in [-0.15, -0.1) is 0 Å². The van der Waals surface area contributed by atoms with Crippen molar-refractivity contribution in [2.24, 2.45) is 17.8 Å². The Morgan fingerprint density at radius 1 is 1.00 bits per heavy atom. The van der Waals surface area contributed by atoms with E-state index in [0.29, 0.717) is 11.3 Å². The molecule has 28 heavy (non-hydrogen) atoms. The summed E-state index contributed by atoms with van der Waals surface area (Å²) >= 11 is 0. The van der Waals surface area contributed by atoms with Crippen LogP contribution in [0.1, 0.15) is 65.0 Å². The predicted octanol–water partition coefficient (Wildman–Crippen LogP) is 4.54. The molecule has 2 aromatic rings. The zero-order chi connectivity index (χ0) is 19.3. The van der Waals surface area contributed by atoms with Crippen molar-refractivity contribution < 1.29 is 14.0 Å². The quantitative estimate of drug-likeness (QED) is 0.820. The van der Waals surface area contributed by atoms with Gasteiger partial charge in [0.15, 0.2) is 5.76 Å². The molecule has 4 bridgehead atoms. The zero-order valence-electron chi connectivity index (χ0n) is 16.2. The fourth-order valence-electron chi connectivity index (χ4n) is 6.07. The van der Waals surface area contributed by atoms with Crippen molar-refractivity contribution >= 4 is 17.5 Å². The van der Waals surface area contributed by atoms with Gasteiger partial charge in [-0.3, -0.25) is 9.59 Å². The van der Waals surface area contributed by atoms with Crippen LogP contribution in [0, 0.1) is 24.7 Å². The summed E-state index contributed by atoms with van der Waals surface area (Å²) in [7, 11) is 0. The summed E-state index contributed by atoms with van der Waals surface area (Å²) in [6.45, 7) is 1.92. The molecule has 0 atom stereocenters. The first kappa shape index (κ1) is 17.5. The number of furan rings is 1. The van der Waals surface area contributed by atoms with Gasteiger partial charge in [-0.25, -0.2) is 0 Å². The molecule has 0 unspecified atom stereocenters. The summed E-state index contributed by atoms with van der Waals surface area (Å²) in [6.07, 6.45) is 8.89. The molecule has 5 nitrogen and oxygen atoms in total. The van der Waals surface area contributed by atoms with Gasteiger partial charge in [-0.2, -0.15) is 0 Å². The third-order valence-electron chi connectivity index (χ3n) is 6.91. The normalized spacial score (nSPS) is 30.2. The van der Waals surface area contributed by atoms with Crippen LogP contribution in [0.5, 0.6) is 0 Å². The lowest BCUT2D eigenvalue weighted by atomic mass is 9.53. The number of anilines is 1. The van der Waals surface area contributed by atoms with Crippen LogP contribution >= 0.6 is 0 Å². The van der Waals surface area contributed by atoms with Gasteiger partial charge in [0.25, 0.3) is 11.8 Å². The molecule has 0 radical (unpaired) electrons. The highest BCUT2D eigenvalue weighted by molar-refractivity contribution is 6.04. The van der Waals surface area contributed by atoms with Crippen LogP contribution in [0.15, 0.2) is 41.0 Å². The van der Waals surface area contributed by atoms with Gasteiger partial charge in [0.1, 0.15) is 0 Å². The molecular formula is C23H26N2O3. The second kappa shape index (κ2) is 6.50. The molecule has 4 fully saturated rings. The van der Waals surface area contributed by atoms with Gasteiger partial charge >= 0.3 is 0 Å². The smallest absolute Gasteiger partial charge is 0.291 e. The molecule has 1 heterocycles. The molecule has 1 aromatic carbocycles. The van der Waals surface area contributed by atoms with Gasteiger partial charge in [-0.05, 0) is 93.0 Å². The average molecular weight is 378 g/mol. The fourth-order valence-corrected chi connectivity index (χ4v) is 6.07. The molecule has 1 aromatic heterocycles. The first-order valence-electron chi connectivity index (χ1n) is 10.3. The highest BCUT2D eigenvalue weighted by Gasteiger charge is 2.51. The third kappa shape index (κ3) is 3.13. The second-order valence-corrected chi connectivity index (χ2v) is 9.11. The van der Waals surface area contributed by atoms with Crippen molar-refractivity contribution in [1.29, 1.82) is 0 Å². The van der Waals surface area contributed by atoms with Crippen LogP contribution in [0.25, 0.3) is 0 Å². The van der Waals surface area contributed by atoms with Crippen molar-refractivity contribution in [3.63, 3.8) is 0 Å². The number of carbonyl (C=O) groups excluding carboxylic acids is 2. The molecule has 0 saturated heterocycles. The lowest BCUT2D eigenvalue weighted by molar-refractivity contribution is -0.0167. The van der Waals surface area contributed by atoms with E-state index in [1.165, 1.54) is 25.5 Å². The van der Waals surface area contributed by atoms with E-state index in [-0.39, 0.29) is 23.1 Å². The van der Waals surface area contributed by atoms with Gasteiger partial charge in [0.05, 0.1) is 6.26 Å². The minimum absolute atomic E-state index is 0.0195. The van der Waals surface area contributed by atoms with Crippen LogP contribution in [-0.4, -0.2) is 17.4 Å². The summed E-state index contributed by atoms with van der Waals surface area (Å²) in [5.41, 5.74) is 2.12. The number of aryl methyl sites for hydroxylation is 1. The maximum absolute atomic E-state index is 13.1. The molecule has 0 spiro atoms. The Labute approximate surface area is 164 Å². The number of rotatable bonds is 4. The molecule has 5 heteroatoms. The molecule has 6 rings (SSSR count). The molecule has 146 valence electrons. The van der Waals surface area contributed by atoms with E-state index in [0.717, 1.165) is 42.6 Å². The van der Waals surface area contributed by atoms with Crippen LogP contribution in [0.3, 0.4) is 0 Å². The highest BCUT2D eigenvalue weighted by atomic mass is 16.3. The van der Waals surface area contributed by atoms with Gasteiger partial charge in [-0.1, -0.05) is 6.07 Å². The molecule has 2 amide bonds. The van der Waals surface area contributed by atoms with Gasteiger partial charge in [0.2, 0.25) is 0 Å². The Balaban J connectivity index is 1.33. The topological polar surface area (TPSA) is 71.3 Å². The molecule has 4 aliphatic rings. The minimum atomic E-state index is -0.313. The largest absolute Gasteiger partial charge is 0.459 e. The number of amides is 2. The lowest BCUT2D eigenvalue weighted by Gasteiger charge is -2.56. The number of nitrogens with one attached hydrogen (secondary N) is 2. The van der Waals surface area contributed by atoms with Crippen molar-refractivity contribution in [1.82, 2.24) is 5.32 Å². The van der Waals surface area contributed by atoms with Crippen LogP contribution in [-0.2, 0) is 0 Å². The Kier molecular flexibility index (Phi) is 4.07. The number of hydrogen-bond acceptors (Lipinski definition) is 3. The molecule has 2 N–H and O–H groups in total. The van der Waals surface area contributed by atoms with E-state index in [9.17, 15) is 9.59 Å². The lowest BCUT2D eigenvalue weighted by Crippen LogP contribution is -2.59. The fraction of sp³-hybridized carbons (Fsp3) is 0.478. The van der Waals surface area contributed by atoms with Crippen molar-refractivity contribution in [3.05, 3.63) is 53.5 Å².